The van der Waals surface area contributed by atoms with Gasteiger partial charge >= 0.3 is 0 Å². The smallest absolute Gasteiger partial charge is 0.101 e. The van der Waals surface area contributed by atoms with Crippen LogP contribution in [-0.2, 0) is 5.88 Å². The molecule has 0 saturated carbocycles. The molecule has 0 fully saturated rings. The second kappa shape index (κ2) is 6.51. The molecule has 1 atom stereocenters. The van der Waals surface area contributed by atoms with Gasteiger partial charge in [0.2, 0.25) is 0 Å². The third-order valence-corrected chi connectivity index (χ3v) is 3.39. The molecule has 0 aliphatic heterocycles. The van der Waals surface area contributed by atoms with Crippen LogP contribution in [0.15, 0.2) is 18.2 Å². The van der Waals surface area contributed by atoms with Gasteiger partial charge in [0.1, 0.15) is 6.07 Å². The molecule has 1 aromatic rings. The van der Waals surface area contributed by atoms with E-state index in [1.165, 1.54) is 0 Å². The number of hydrogen-bond donors (Lipinski definition) is 0. The number of alkyl halides is 1. The quantitative estimate of drug-likeness (QED) is 0.741. The van der Waals surface area contributed by atoms with E-state index >= 15 is 0 Å². The minimum absolute atomic E-state index is 0.439. The Balaban J connectivity index is 3.01. The highest BCUT2D eigenvalue weighted by atomic mass is 35.5. The van der Waals surface area contributed by atoms with E-state index in [9.17, 15) is 5.26 Å². The summed E-state index contributed by atoms with van der Waals surface area (Å²) in [5, 5.41) is 9.18. The van der Waals surface area contributed by atoms with Crippen molar-refractivity contribution < 1.29 is 0 Å². The standard InChI is InChI=1S/C14H19ClN2/c1-4-5-11(2)17(3)14-7-6-12(9-15)8-13(14)10-16/h6-8,11H,4-5,9H2,1-3H3. The molecule has 3 heteroatoms. The molecule has 0 aromatic heterocycles. The first-order chi connectivity index (χ1) is 8.13. The minimum atomic E-state index is 0.439. The summed E-state index contributed by atoms with van der Waals surface area (Å²) in [5.74, 6) is 0.448. The van der Waals surface area contributed by atoms with Gasteiger partial charge < -0.3 is 4.90 Å². The lowest BCUT2D eigenvalue weighted by molar-refractivity contribution is 0.616. The van der Waals surface area contributed by atoms with Crippen molar-refractivity contribution in [1.29, 1.82) is 5.26 Å². The molecule has 1 rings (SSSR count). The van der Waals surface area contributed by atoms with Crippen LogP contribution in [0.25, 0.3) is 0 Å². The summed E-state index contributed by atoms with van der Waals surface area (Å²) < 4.78 is 0. The lowest BCUT2D eigenvalue weighted by Gasteiger charge is -2.27. The van der Waals surface area contributed by atoms with E-state index in [4.69, 9.17) is 11.6 Å². The normalized spacial score (nSPS) is 11.9. The Kier molecular flexibility index (Phi) is 5.31. The van der Waals surface area contributed by atoms with Crippen molar-refractivity contribution in [2.45, 2.75) is 38.6 Å². The highest BCUT2D eigenvalue weighted by molar-refractivity contribution is 6.17. The Bertz CT molecular complexity index is 409. The number of hydrogen-bond acceptors (Lipinski definition) is 2. The molecule has 0 radical (unpaired) electrons. The SMILES string of the molecule is CCCC(C)N(C)c1ccc(CCl)cc1C#N. The Morgan fingerprint density at radius 2 is 2.18 bits per heavy atom. The first-order valence-electron chi connectivity index (χ1n) is 5.95. The van der Waals surface area contributed by atoms with Gasteiger partial charge in [-0.3, -0.25) is 0 Å². The molecule has 1 aromatic carbocycles. The number of anilines is 1. The van der Waals surface area contributed by atoms with Crippen LogP contribution in [0.4, 0.5) is 5.69 Å². The van der Waals surface area contributed by atoms with Crippen molar-refractivity contribution in [2.75, 3.05) is 11.9 Å². The van der Waals surface area contributed by atoms with E-state index in [0.717, 1.165) is 24.1 Å². The van der Waals surface area contributed by atoms with Crippen LogP contribution in [0, 0.1) is 11.3 Å². The summed E-state index contributed by atoms with van der Waals surface area (Å²) >= 11 is 5.78. The van der Waals surface area contributed by atoms with Crippen LogP contribution in [0.2, 0.25) is 0 Å². The molecular weight excluding hydrogens is 232 g/mol. The third-order valence-electron chi connectivity index (χ3n) is 3.08. The maximum Gasteiger partial charge on any atom is 0.101 e. The fraction of sp³-hybridized carbons (Fsp3) is 0.500. The number of rotatable bonds is 5. The van der Waals surface area contributed by atoms with Crippen LogP contribution >= 0.6 is 11.6 Å². The molecule has 0 aliphatic carbocycles. The van der Waals surface area contributed by atoms with Crippen LogP contribution in [0.5, 0.6) is 0 Å². The van der Waals surface area contributed by atoms with Gasteiger partial charge in [0.15, 0.2) is 0 Å². The summed E-state index contributed by atoms with van der Waals surface area (Å²) in [6.07, 6.45) is 2.27. The van der Waals surface area contributed by atoms with Gasteiger partial charge in [0.05, 0.1) is 11.3 Å². The molecule has 92 valence electrons. The van der Waals surface area contributed by atoms with Crippen LogP contribution in [-0.4, -0.2) is 13.1 Å². The number of nitriles is 1. The van der Waals surface area contributed by atoms with Crippen LogP contribution < -0.4 is 4.90 Å². The maximum atomic E-state index is 9.18. The Labute approximate surface area is 109 Å². The minimum Gasteiger partial charge on any atom is -0.371 e. The molecule has 0 heterocycles. The molecule has 0 bridgehead atoms. The van der Waals surface area contributed by atoms with Crippen molar-refractivity contribution in [3.8, 4) is 6.07 Å². The molecule has 17 heavy (non-hydrogen) atoms. The van der Waals surface area contributed by atoms with Crippen molar-refractivity contribution in [2.24, 2.45) is 0 Å². The molecule has 0 spiro atoms. The third kappa shape index (κ3) is 3.38. The van der Waals surface area contributed by atoms with Crippen molar-refractivity contribution in [1.82, 2.24) is 0 Å². The molecule has 0 saturated heterocycles. The van der Waals surface area contributed by atoms with Gasteiger partial charge in [0, 0.05) is 19.0 Å². The van der Waals surface area contributed by atoms with Crippen molar-refractivity contribution in [3.63, 3.8) is 0 Å². The lowest BCUT2D eigenvalue weighted by atomic mass is 10.1. The summed E-state index contributed by atoms with van der Waals surface area (Å²) in [5.41, 5.74) is 2.68. The van der Waals surface area contributed by atoms with E-state index in [-0.39, 0.29) is 0 Å². The van der Waals surface area contributed by atoms with Crippen LogP contribution in [0.1, 0.15) is 37.8 Å². The zero-order valence-corrected chi connectivity index (χ0v) is 11.5. The predicted octanol–water partition coefficient (Wildman–Crippen LogP) is 3.92. The molecule has 0 N–H and O–H groups in total. The zero-order chi connectivity index (χ0) is 12.8. The zero-order valence-electron chi connectivity index (χ0n) is 10.7. The van der Waals surface area contributed by atoms with Gasteiger partial charge in [-0.2, -0.15) is 5.26 Å². The Morgan fingerprint density at radius 1 is 1.47 bits per heavy atom. The van der Waals surface area contributed by atoms with E-state index < -0.39 is 0 Å². The van der Waals surface area contributed by atoms with Gasteiger partial charge in [-0.1, -0.05) is 19.4 Å². The maximum absolute atomic E-state index is 9.18. The summed E-state index contributed by atoms with van der Waals surface area (Å²) in [4.78, 5) is 2.17. The van der Waals surface area contributed by atoms with Gasteiger partial charge in [-0.05, 0) is 31.0 Å². The monoisotopic (exact) mass is 250 g/mol. The second-order valence-corrected chi connectivity index (χ2v) is 4.61. The average Bonchev–Trinajstić information content (AvgIpc) is 2.37. The molecule has 0 amide bonds. The van der Waals surface area contributed by atoms with E-state index in [0.29, 0.717) is 17.5 Å². The summed E-state index contributed by atoms with van der Waals surface area (Å²) in [7, 11) is 2.04. The number of benzene rings is 1. The largest absolute Gasteiger partial charge is 0.371 e. The van der Waals surface area contributed by atoms with Crippen molar-refractivity contribution >= 4 is 17.3 Å². The average molecular weight is 251 g/mol. The van der Waals surface area contributed by atoms with E-state index in [1.54, 1.807) is 0 Å². The second-order valence-electron chi connectivity index (χ2n) is 4.35. The fourth-order valence-electron chi connectivity index (χ4n) is 1.91. The van der Waals surface area contributed by atoms with Gasteiger partial charge in [0.25, 0.3) is 0 Å². The molecule has 2 nitrogen and oxygen atoms in total. The Morgan fingerprint density at radius 3 is 2.71 bits per heavy atom. The predicted molar refractivity (Wildman–Crippen MR) is 73.5 cm³/mol. The number of halogens is 1. The molecular formula is C14H19ClN2. The lowest BCUT2D eigenvalue weighted by Crippen LogP contribution is -2.29. The van der Waals surface area contributed by atoms with Crippen molar-refractivity contribution in [3.05, 3.63) is 29.3 Å². The molecule has 1 unspecified atom stereocenters. The fourth-order valence-corrected chi connectivity index (χ4v) is 2.08. The summed E-state index contributed by atoms with van der Waals surface area (Å²) in [6, 6.07) is 8.53. The van der Waals surface area contributed by atoms with E-state index in [2.05, 4.69) is 24.8 Å². The summed E-state index contributed by atoms with van der Waals surface area (Å²) in [6.45, 7) is 4.35. The first kappa shape index (κ1) is 13.9. The van der Waals surface area contributed by atoms with Gasteiger partial charge in [-0.25, -0.2) is 0 Å². The topological polar surface area (TPSA) is 27.0 Å². The highest BCUT2D eigenvalue weighted by Gasteiger charge is 2.13. The Hall–Kier alpha value is -1.20. The van der Waals surface area contributed by atoms with Gasteiger partial charge in [-0.15, -0.1) is 11.6 Å². The number of nitrogens with zero attached hydrogens (tertiary/aromatic N) is 2. The van der Waals surface area contributed by atoms with Crippen LogP contribution in [0.3, 0.4) is 0 Å². The highest BCUT2D eigenvalue weighted by Crippen LogP contribution is 2.24. The first-order valence-corrected chi connectivity index (χ1v) is 6.49. The molecule has 0 aliphatic rings. The van der Waals surface area contributed by atoms with E-state index in [1.807, 2.05) is 25.2 Å².